The van der Waals surface area contributed by atoms with E-state index in [1.54, 1.807) is 24.3 Å². The standard InChI is InChI=1S/C20H20N6O2/c1-25-17-9-5-4-8-16(17)22-18(25)10-12-21-19(27)11-13-26-20(28)14-6-2-3-7-15(14)23-24-26/h2-9H,10-13H2,1H3,(H,21,27). The fraction of sp³-hybridized carbons (Fsp3) is 0.250. The highest BCUT2D eigenvalue weighted by Gasteiger charge is 2.09. The first-order valence-corrected chi connectivity index (χ1v) is 9.13. The van der Waals surface area contributed by atoms with Crippen molar-refractivity contribution in [1.29, 1.82) is 0 Å². The molecule has 8 heteroatoms. The fourth-order valence-electron chi connectivity index (χ4n) is 3.20. The van der Waals surface area contributed by atoms with Gasteiger partial charge < -0.3 is 9.88 Å². The van der Waals surface area contributed by atoms with Crippen LogP contribution in [0.25, 0.3) is 21.9 Å². The van der Waals surface area contributed by atoms with Gasteiger partial charge in [-0.3, -0.25) is 9.59 Å². The van der Waals surface area contributed by atoms with Gasteiger partial charge >= 0.3 is 0 Å². The van der Waals surface area contributed by atoms with Crippen molar-refractivity contribution in [1.82, 2.24) is 29.9 Å². The first kappa shape index (κ1) is 17.8. The number of rotatable bonds is 6. The number of nitrogens with zero attached hydrogens (tertiary/aromatic N) is 5. The zero-order valence-electron chi connectivity index (χ0n) is 15.5. The number of nitrogens with one attached hydrogen (secondary N) is 1. The van der Waals surface area contributed by atoms with Crippen molar-refractivity contribution in [2.24, 2.45) is 7.05 Å². The number of amides is 1. The molecular weight excluding hydrogens is 356 g/mol. The Hall–Kier alpha value is -3.55. The van der Waals surface area contributed by atoms with Crippen molar-refractivity contribution < 1.29 is 4.79 Å². The lowest BCUT2D eigenvalue weighted by molar-refractivity contribution is -0.121. The van der Waals surface area contributed by atoms with Crippen LogP contribution in [0, 0.1) is 0 Å². The van der Waals surface area contributed by atoms with Crippen LogP contribution in [0.5, 0.6) is 0 Å². The van der Waals surface area contributed by atoms with E-state index < -0.39 is 0 Å². The molecule has 1 amide bonds. The van der Waals surface area contributed by atoms with Gasteiger partial charge in [-0.15, -0.1) is 5.10 Å². The number of benzene rings is 2. The number of imidazole rings is 1. The Bertz CT molecular complexity index is 1210. The van der Waals surface area contributed by atoms with Crippen molar-refractivity contribution in [3.05, 3.63) is 64.7 Å². The summed E-state index contributed by atoms with van der Waals surface area (Å²) >= 11 is 0. The molecule has 0 bridgehead atoms. The molecule has 0 aliphatic carbocycles. The first-order chi connectivity index (χ1) is 13.6. The first-order valence-electron chi connectivity index (χ1n) is 9.13. The number of fused-ring (bicyclic) bond motifs is 2. The van der Waals surface area contributed by atoms with Gasteiger partial charge in [0.15, 0.2) is 0 Å². The van der Waals surface area contributed by atoms with E-state index in [0.717, 1.165) is 16.9 Å². The van der Waals surface area contributed by atoms with Crippen LogP contribution >= 0.6 is 0 Å². The molecule has 2 aromatic carbocycles. The topological polar surface area (TPSA) is 94.7 Å². The lowest BCUT2D eigenvalue weighted by Gasteiger charge is -2.07. The maximum absolute atomic E-state index is 12.4. The van der Waals surface area contributed by atoms with Crippen LogP contribution in [0.4, 0.5) is 0 Å². The average Bonchev–Trinajstić information content (AvgIpc) is 3.04. The number of carbonyl (C=O) groups excluding carboxylic acids is 1. The molecule has 8 nitrogen and oxygen atoms in total. The summed E-state index contributed by atoms with van der Waals surface area (Å²) in [7, 11) is 1.97. The van der Waals surface area contributed by atoms with Gasteiger partial charge in [-0.1, -0.05) is 29.5 Å². The van der Waals surface area contributed by atoms with Crippen LogP contribution < -0.4 is 10.9 Å². The van der Waals surface area contributed by atoms with E-state index >= 15 is 0 Å². The van der Waals surface area contributed by atoms with E-state index in [2.05, 4.69) is 20.6 Å². The molecule has 0 saturated carbocycles. The smallest absolute Gasteiger partial charge is 0.277 e. The molecule has 4 aromatic rings. The fourth-order valence-corrected chi connectivity index (χ4v) is 3.20. The third-order valence-electron chi connectivity index (χ3n) is 4.73. The Labute approximate surface area is 160 Å². The molecule has 28 heavy (non-hydrogen) atoms. The number of carbonyl (C=O) groups is 1. The third kappa shape index (κ3) is 3.48. The lowest BCUT2D eigenvalue weighted by atomic mass is 10.2. The molecule has 142 valence electrons. The number of aromatic nitrogens is 5. The summed E-state index contributed by atoms with van der Waals surface area (Å²) in [4.78, 5) is 29.1. The minimum atomic E-state index is -0.238. The number of hydrogen-bond donors (Lipinski definition) is 1. The quantitative estimate of drug-likeness (QED) is 0.549. The normalized spacial score (nSPS) is 11.2. The van der Waals surface area contributed by atoms with E-state index in [1.807, 2.05) is 35.9 Å². The molecule has 0 unspecified atom stereocenters. The zero-order chi connectivity index (χ0) is 19.5. The van der Waals surface area contributed by atoms with E-state index in [-0.39, 0.29) is 24.4 Å². The Kier molecular flexibility index (Phi) is 4.84. The van der Waals surface area contributed by atoms with Crippen molar-refractivity contribution in [3.63, 3.8) is 0 Å². The molecule has 2 heterocycles. The van der Waals surface area contributed by atoms with Crippen LogP contribution in [-0.2, 0) is 24.8 Å². The Morgan fingerprint density at radius 1 is 1.07 bits per heavy atom. The molecule has 0 spiro atoms. The Morgan fingerprint density at radius 3 is 2.64 bits per heavy atom. The number of aryl methyl sites for hydroxylation is 2. The van der Waals surface area contributed by atoms with Crippen LogP contribution in [0.1, 0.15) is 12.2 Å². The maximum Gasteiger partial charge on any atom is 0.277 e. The van der Waals surface area contributed by atoms with Gasteiger partial charge in [0.05, 0.1) is 23.0 Å². The van der Waals surface area contributed by atoms with E-state index in [4.69, 9.17) is 0 Å². The average molecular weight is 376 g/mol. The van der Waals surface area contributed by atoms with E-state index in [0.29, 0.717) is 23.9 Å². The molecule has 0 aliphatic rings. The van der Waals surface area contributed by atoms with E-state index in [1.165, 1.54) is 4.68 Å². The second-order valence-electron chi connectivity index (χ2n) is 6.56. The summed E-state index contributed by atoms with van der Waals surface area (Å²) in [5, 5.41) is 11.3. The predicted octanol–water partition coefficient (Wildman–Crippen LogP) is 1.43. The number of hydrogen-bond acceptors (Lipinski definition) is 5. The van der Waals surface area contributed by atoms with Gasteiger partial charge in [-0.2, -0.15) is 0 Å². The molecule has 0 saturated heterocycles. The van der Waals surface area contributed by atoms with Gasteiger partial charge in [-0.25, -0.2) is 9.67 Å². The SMILES string of the molecule is Cn1c(CCNC(=O)CCn2nnc3ccccc3c2=O)nc2ccccc21. The van der Waals surface area contributed by atoms with Gasteiger partial charge in [0.2, 0.25) is 5.91 Å². The van der Waals surface area contributed by atoms with Crippen molar-refractivity contribution in [3.8, 4) is 0 Å². The van der Waals surface area contributed by atoms with Crippen LogP contribution in [0.15, 0.2) is 53.3 Å². The Balaban J connectivity index is 1.33. The Morgan fingerprint density at radius 2 is 1.82 bits per heavy atom. The lowest BCUT2D eigenvalue weighted by Crippen LogP contribution is -2.30. The highest BCUT2D eigenvalue weighted by Crippen LogP contribution is 2.14. The largest absolute Gasteiger partial charge is 0.356 e. The monoisotopic (exact) mass is 376 g/mol. The zero-order valence-corrected chi connectivity index (χ0v) is 15.5. The van der Waals surface area contributed by atoms with Crippen LogP contribution in [-0.4, -0.2) is 37.0 Å². The second-order valence-corrected chi connectivity index (χ2v) is 6.56. The van der Waals surface area contributed by atoms with Crippen LogP contribution in [0.2, 0.25) is 0 Å². The summed E-state index contributed by atoms with van der Waals surface area (Å²) in [6.07, 6.45) is 0.794. The van der Waals surface area contributed by atoms with Gasteiger partial charge in [0, 0.05) is 26.4 Å². The molecular formula is C20H20N6O2. The van der Waals surface area contributed by atoms with Gasteiger partial charge in [-0.05, 0) is 24.3 Å². The molecule has 2 aromatic heterocycles. The van der Waals surface area contributed by atoms with E-state index in [9.17, 15) is 9.59 Å². The molecule has 4 rings (SSSR count). The molecule has 0 fully saturated rings. The molecule has 0 atom stereocenters. The summed E-state index contributed by atoms with van der Waals surface area (Å²) < 4.78 is 3.26. The number of para-hydroxylation sites is 2. The summed E-state index contributed by atoms with van der Waals surface area (Å²) in [6.45, 7) is 0.670. The molecule has 1 N–H and O–H groups in total. The summed E-state index contributed by atoms with van der Waals surface area (Å²) in [5.74, 6) is 0.777. The van der Waals surface area contributed by atoms with Crippen LogP contribution in [0.3, 0.4) is 0 Å². The van der Waals surface area contributed by atoms with Gasteiger partial charge in [0.25, 0.3) is 5.56 Å². The third-order valence-corrected chi connectivity index (χ3v) is 4.73. The maximum atomic E-state index is 12.4. The summed E-state index contributed by atoms with van der Waals surface area (Å²) in [6, 6.07) is 15.0. The molecule has 0 radical (unpaired) electrons. The summed E-state index contributed by atoms with van der Waals surface area (Å²) in [5.41, 5.74) is 2.33. The predicted molar refractivity (Wildman–Crippen MR) is 106 cm³/mol. The minimum Gasteiger partial charge on any atom is -0.356 e. The minimum absolute atomic E-state index is 0.138. The highest BCUT2D eigenvalue weighted by atomic mass is 16.2. The highest BCUT2D eigenvalue weighted by molar-refractivity contribution is 5.77. The second kappa shape index (κ2) is 7.59. The van der Waals surface area contributed by atoms with Crippen molar-refractivity contribution >= 4 is 27.8 Å². The van der Waals surface area contributed by atoms with Crippen molar-refractivity contribution in [2.75, 3.05) is 6.54 Å². The molecule has 0 aliphatic heterocycles. The van der Waals surface area contributed by atoms with Gasteiger partial charge in [0.1, 0.15) is 11.3 Å². The van der Waals surface area contributed by atoms with Crippen molar-refractivity contribution in [2.45, 2.75) is 19.4 Å².